The summed E-state index contributed by atoms with van der Waals surface area (Å²) in [5.74, 6) is 0.359. The van der Waals surface area contributed by atoms with E-state index in [1.807, 2.05) is 0 Å². The van der Waals surface area contributed by atoms with Gasteiger partial charge in [0, 0.05) is 18.1 Å². The minimum absolute atomic E-state index is 0.304. The highest BCUT2D eigenvalue weighted by Crippen LogP contribution is 2.55. The zero-order valence-corrected chi connectivity index (χ0v) is 12.8. The van der Waals surface area contributed by atoms with E-state index in [2.05, 4.69) is 12.2 Å². The lowest BCUT2D eigenvalue weighted by molar-refractivity contribution is -0.192. The molecule has 0 amide bonds. The number of hydrogen-bond donors (Lipinski definition) is 3. The van der Waals surface area contributed by atoms with Crippen molar-refractivity contribution < 1.29 is 23.1 Å². The number of carboxylic acid groups (broad SMARTS) is 1. The number of hydrogen-bond acceptors (Lipinski definition) is 3. The van der Waals surface area contributed by atoms with E-state index >= 15 is 0 Å². The highest BCUT2D eigenvalue weighted by atomic mass is 19.4. The number of halogens is 3. The van der Waals surface area contributed by atoms with Crippen LogP contribution in [0, 0.1) is 17.8 Å². The predicted molar refractivity (Wildman–Crippen MR) is 76.2 cm³/mol. The van der Waals surface area contributed by atoms with Crippen LogP contribution in [0.15, 0.2) is 0 Å². The van der Waals surface area contributed by atoms with Crippen LogP contribution < -0.4 is 11.1 Å². The molecule has 4 nitrogen and oxygen atoms in total. The molecular weight excluding hydrogens is 297 g/mol. The third-order valence-corrected chi connectivity index (χ3v) is 5.08. The minimum atomic E-state index is -5.08. The Morgan fingerprint density at radius 1 is 1.23 bits per heavy atom. The van der Waals surface area contributed by atoms with Crippen LogP contribution in [0.25, 0.3) is 0 Å². The molecule has 4 aliphatic carbocycles. The molecule has 0 spiro atoms. The summed E-state index contributed by atoms with van der Waals surface area (Å²) in [6.45, 7) is 3.11. The van der Waals surface area contributed by atoms with E-state index in [9.17, 15) is 13.2 Å². The van der Waals surface area contributed by atoms with Gasteiger partial charge in [0.15, 0.2) is 0 Å². The molecule has 7 heteroatoms. The number of carboxylic acids is 1. The molecule has 4 fully saturated rings. The van der Waals surface area contributed by atoms with Gasteiger partial charge in [-0.2, -0.15) is 13.2 Å². The SMILES string of the molecule is CC(N)CNC12CC3CC(CC(C3)C1)C2.O=C(O)C(F)(F)F. The van der Waals surface area contributed by atoms with Gasteiger partial charge in [-0.05, 0) is 63.2 Å². The molecular formula is C15H25F3N2O2. The Kier molecular flexibility index (Phi) is 5.06. The van der Waals surface area contributed by atoms with Crippen molar-refractivity contribution in [1.29, 1.82) is 0 Å². The number of aliphatic carboxylic acids is 1. The summed E-state index contributed by atoms with van der Waals surface area (Å²) in [5, 5.41) is 10.9. The van der Waals surface area contributed by atoms with Crippen molar-refractivity contribution in [1.82, 2.24) is 5.32 Å². The standard InChI is InChI=1S/C13H24N2.C2HF3O2/c1-9(14)8-15-13-5-10-2-11(6-13)4-12(3-10)7-13;3-2(4,5)1(6)7/h9-12,15H,2-8,14H2,1H3;(H,6,7). The minimum Gasteiger partial charge on any atom is -0.475 e. The number of nitrogens with one attached hydrogen (secondary N) is 1. The van der Waals surface area contributed by atoms with Crippen LogP contribution in [-0.4, -0.2) is 35.4 Å². The first-order chi connectivity index (χ1) is 10.1. The van der Waals surface area contributed by atoms with Crippen LogP contribution in [0.2, 0.25) is 0 Å². The van der Waals surface area contributed by atoms with Gasteiger partial charge in [-0.25, -0.2) is 4.79 Å². The van der Waals surface area contributed by atoms with E-state index < -0.39 is 12.1 Å². The molecule has 0 aromatic rings. The molecule has 1 unspecified atom stereocenters. The van der Waals surface area contributed by atoms with Crippen LogP contribution in [-0.2, 0) is 4.79 Å². The normalized spacial score (nSPS) is 37.4. The molecule has 0 aromatic heterocycles. The van der Waals surface area contributed by atoms with Gasteiger partial charge in [0.1, 0.15) is 0 Å². The maximum Gasteiger partial charge on any atom is 0.490 e. The Labute approximate surface area is 128 Å². The van der Waals surface area contributed by atoms with E-state index in [0.29, 0.717) is 11.6 Å². The van der Waals surface area contributed by atoms with E-state index in [0.717, 1.165) is 24.3 Å². The summed E-state index contributed by atoms with van der Waals surface area (Å²) in [6, 6.07) is 0.304. The average Bonchev–Trinajstić information content (AvgIpc) is 2.34. The molecule has 0 saturated heterocycles. The molecule has 0 aliphatic heterocycles. The lowest BCUT2D eigenvalue weighted by atomic mass is 9.53. The van der Waals surface area contributed by atoms with Crippen molar-refractivity contribution in [3.63, 3.8) is 0 Å². The van der Waals surface area contributed by atoms with E-state index in [1.54, 1.807) is 0 Å². The first kappa shape index (κ1) is 17.5. The Balaban J connectivity index is 0.000000217. The van der Waals surface area contributed by atoms with Crippen molar-refractivity contribution in [2.45, 2.75) is 63.2 Å². The molecule has 4 N–H and O–H groups in total. The molecule has 22 heavy (non-hydrogen) atoms. The van der Waals surface area contributed by atoms with Crippen molar-refractivity contribution in [3.05, 3.63) is 0 Å². The summed E-state index contributed by atoms with van der Waals surface area (Å²) in [6.07, 6.45) is 3.81. The zero-order valence-electron chi connectivity index (χ0n) is 12.8. The molecule has 1 atom stereocenters. The lowest BCUT2D eigenvalue weighted by Crippen LogP contribution is -2.59. The molecule has 4 bridgehead atoms. The fraction of sp³-hybridized carbons (Fsp3) is 0.933. The second-order valence-corrected chi connectivity index (χ2v) is 7.36. The Bertz CT molecular complexity index is 375. The summed E-state index contributed by atoms with van der Waals surface area (Å²) in [7, 11) is 0. The number of alkyl halides is 3. The third kappa shape index (κ3) is 4.35. The Morgan fingerprint density at radius 2 is 1.59 bits per heavy atom. The fourth-order valence-electron chi connectivity index (χ4n) is 4.70. The molecule has 4 aliphatic rings. The maximum absolute atomic E-state index is 10.6. The molecule has 0 radical (unpaired) electrons. The number of carbonyl (C=O) groups is 1. The topological polar surface area (TPSA) is 75.3 Å². The van der Waals surface area contributed by atoms with Crippen molar-refractivity contribution in [2.24, 2.45) is 23.5 Å². The molecule has 128 valence electrons. The van der Waals surface area contributed by atoms with Gasteiger partial charge >= 0.3 is 12.1 Å². The smallest absolute Gasteiger partial charge is 0.475 e. The summed E-state index contributed by atoms with van der Waals surface area (Å²) in [4.78, 5) is 8.90. The first-order valence-electron chi connectivity index (χ1n) is 7.90. The Morgan fingerprint density at radius 3 is 1.86 bits per heavy atom. The summed E-state index contributed by atoms with van der Waals surface area (Å²) < 4.78 is 31.7. The van der Waals surface area contributed by atoms with Crippen molar-refractivity contribution in [2.75, 3.05) is 6.54 Å². The second-order valence-electron chi connectivity index (χ2n) is 7.36. The largest absolute Gasteiger partial charge is 0.490 e. The van der Waals surface area contributed by atoms with Gasteiger partial charge in [0.05, 0.1) is 0 Å². The van der Waals surface area contributed by atoms with Crippen LogP contribution in [0.5, 0.6) is 0 Å². The maximum atomic E-state index is 10.6. The number of nitrogens with two attached hydrogens (primary N) is 1. The average molecular weight is 322 g/mol. The summed E-state index contributed by atoms with van der Waals surface area (Å²) >= 11 is 0. The Hall–Kier alpha value is -0.820. The predicted octanol–water partition coefficient (Wildman–Crippen LogP) is 2.53. The second kappa shape index (κ2) is 6.35. The first-order valence-corrected chi connectivity index (χ1v) is 7.90. The van der Waals surface area contributed by atoms with E-state index in [1.165, 1.54) is 38.5 Å². The molecule has 0 heterocycles. The van der Waals surface area contributed by atoms with E-state index in [-0.39, 0.29) is 0 Å². The van der Waals surface area contributed by atoms with Gasteiger partial charge in [0.2, 0.25) is 0 Å². The highest BCUT2D eigenvalue weighted by molar-refractivity contribution is 5.73. The van der Waals surface area contributed by atoms with Gasteiger partial charge in [-0.3, -0.25) is 0 Å². The van der Waals surface area contributed by atoms with Gasteiger partial charge < -0.3 is 16.2 Å². The van der Waals surface area contributed by atoms with Crippen LogP contribution in [0.1, 0.15) is 45.4 Å². The van der Waals surface area contributed by atoms with Gasteiger partial charge in [0.25, 0.3) is 0 Å². The van der Waals surface area contributed by atoms with Crippen molar-refractivity contribution >= 4 is 5.97 Å². The molecule has 0 aromatic carbocycles. The third-order valence-electron chi connectivity index (χ3n) is 5.08. The van der Waals surface area contributed by atoms with Gasteiger partial charge in [-0.1, -0.05) is 0 Å². The van der Waals surface area contributed by atoms with Gasteiger partial charge in [-0.15, -0.1) is 0 Å². The van der Waals surface area contributed by atoms with E-state index in [4.69, 9.17) is 15.6 Å². The fourth-order valence-corrected chi connectivity index (χ4v) is 4.70. The molecule has 4 rings (SSSR count). The summed E-state index contributed by atoms with van der Waals surface area (Å²) in [5.41, 5.74) is 6.36. The van der Waals surface area contributed by atoms with Crippen LogP contribution in [0.4, 0.5) is 13.2 Å². The van der Waals surface area contributed by atoms with Crippen LogP contribution >= 0.6 is 0 Å². The highest BCUT2D eigenvalue weighted by Gasteiger charge is 2.50. The monoisotopic (exact) mass is 322 g/mol. The van der Waals surface area contributed by atoms with Crippen LogP contribution in [0.3, 0.4) is 0 Å². The number of rotatable bonds is 3. The van der Waals surface area contributed by atoms with Crippen molar-refractivity contribution in [3.8, 4) is 0 Å². The lowest BCUT2D eigenvalue weighted by Gasteiger charge is -2.57. The molecule has 4 saturated carbocycles. The quantitative estimate of drug-likeness (QED) is 0.746. The zero-order chi connectivity index (χ0) is 16.5.